The molecule has 0 amide bonds. The Bertz CT molecular complexity index is 306. The summed E-state index contributed by atoms with van der Waals surface area (Å²) in [6.45, 7) is 16.9. The first-order valence-corrected chi connectivity index (χ1v) is 7.90. The van der Waals surface area contributed by atoms with E-state index >= 15 is 0 Å². The molecule has 19 heavy (non-hydrogen) atoms. The molecule has 0 N–H and O–H groups in total. The maximum Gasteiger partial charge on any atom is -0.0163 e. The van der Waals surface area contributed by atoms with Gasteiger partial charge in [-0.15, -0.1) is 0 Å². The first-order valence-electron chi connectivity index (χ1n) is 7.90. The van der Waals surface area contributed by atoms with Crippen LogP contribution < -0.4 is 0 Å². The fourth-order valence-electron chi connectivity index (χ4n) is 2.55. The summed E-state index contributed by atoms with van der Waals surface area (Å²) in [6.07, 6.45) is 11.3. The van der Waals surface area contributed by atoms with E-state index in [1.165, 1.54) is 43.3 Å². The Morgan fingerprint density at radius 2 is 1.53 bits per heavy atom. The summed E-state index contributed by atoms with van der Waals surface area (Å²) in [7, 11) is 0. The molecule has 1 saturated carbocycles. The van der Waals surface area contributed by atoms with E-state index in [1.807, 2.05) is 6.08 Å². The molecule has 0 saturated heterocycles. The Morgan fingerprint density at radius 1 is 1.05 bits per heavy atom. The van der Waals surface area contributed by atoms with E-state index in [4.69, 9.17) is 0 Å². The smallest absolute Gasteiger partial charge is 0.0163 e. The van der Waals surface area contributed by atoms with Crippen molar-refractivity contribution in [3.05, 3.63) is 35.5 Å². The van der Waals surface area contributed by atoms with Crippen LogP contribution in [0.1, 0.15) is 73.6 Å². The van der Waals surface area contributed by atoms with Gasteiger partial charge in [-0.2, -0.15) is 0 Å². The van der Waals surface area contributed by atoms with E-state index in [1.54, 1.807) is 5.57 Å². The second kappa shape index (κ2) is 10.1. The van der Waals surface area contributed by atoms with Crippen LogP contribution in [-0.4, -0.2) is 0 Å². The minimum absolute atomic E-state index is 0.804. The molecular formula is C19H34. The third-order valence-corrected chi connectivity index (χ3v) is 3.69. The van der Waals surface area contributed by atoms with Crippen molar-refractivity contribution < 1.29 is 0 Å². The summed E-state index contributed by atoms with van der Waals surface area (Å²) < 4.78 is 0. The maximum absolute atomic E-state index is 3.86. The third kappa shape index (κ3) is 7.40. The van der Waals surface area contributed by atoms with Crippen molar-refractivity contribution in [1.29, 1.82) is 0 Å². The SMILES string of the molecule is C=C/C(C)=C(C)\C(=C/C)C1CCCCC1.CC(C)C. The predicted molar refractivity (Wildman–Crippen MR) is 89.4 cm³/mol. The Balaban J connectivity index is 0.000000711. The first-order chi connectivity index (χ1) is 8.93. The van der Waals surface area contributed by atoms with Gasteiger partial charge in [0, 0.05) is 0 Å². The van der Waals surface area contributed by atoms with Crippen LogP contribution in [0.4, 0.5) is 0 Å². The van der Waals surface area contributed by atoms with Crippen LogP contribution in [0.2, 0.25) is 0 Å². The van der Waals surface area contributed by atoms with Crippen molar-refractivity contribution in [1.82, 2.24) is 0 Å². The first kappa shape index (κ1) is 18.2. The molecule has 0 bridgehead atoms. The van der Waals surface area contributed by atoms with E-state index < -0.39 is 0 Å². The lowest BCUT2D eigenvalue weighted by molar-refractivity contribution is 0.405. The summed E-state index contributed by atoms with van der Waals surface area (Å²) in [6, 6.07) is 0. The Kier molecular flexibility index (Phi) is 9.65. The summed E-state index contributed by atoms with van der Waals surface area (Å²) in [5.74, 6) is 1.64. The van der Waals surface area contributed by atoms with Crippen molar-refractivity contribution in [3.8, 4) is 0 Å². The molecule has 1 aliphatic carbocycles. The second-order valence-corrected chi connectivity index (χ2v) is 6.32. The fraction of sp³-hybridized carbons (Fsp3) is 0.684. The van der Waals surface area contributed by atoms with Crippen molar-refractivity contribution in [3.63, 3.8) is 0 Å². The third-order valence-electron chi connectivity index (χ3n) is 3.69. The fourth-order valence-corrected chi connectivity index (χ4v) is 2.55. The monoisotopic (exact) mass is 262 g/mol. The molecule has 0 aromatic rings. The Hall–Kier alpha value is -0.780. The maximum atomic E-state index is 3.86. The van der Waals surface area contributed by atoms with Gasteiger partial charge in [-0.05, 0) is 62.2 Å². The summed E-state index contributed by atoms with van der Waals surface area (Å²) in [4.78, 5) is 0. The van der Waals surface area contributed by atoms with Gasteiger partial charge in [-0.25, -0.2) is 0 Å². The zero-order valence-electron chi connectivity index (χ0n) is 14.1. The molecular weight excluding hydrogens is 228 g/mol. The summed E-state index contributed by atoms with van der Waals surface area (Å²) in [5, 5.41) is 0. The number of hydrogen-bond acceptors (Lipinski definition) is 0. The van der Waals surface area contributed by atoms with Crippen LogP contribution >= 0.6 is 0 Å². The van der Waals surface area contributed by atoms with Gasteiger partial charge in [0.15, 0.2) is 0 Å². The minimum Gasteiger partial charge on any atom is -0.0988 e. The standard InChI is InChI=1S/C15H24.C4H10/c1-5-12(3)13(4)15(6-2)14-10-8-7-9-11-14;1-4(2)3/h5-6,14H,1,7-11H2,2-4H3;4H,1-3H3/b13-12-,15-6+;. The molecule has 0 radical (unpaired) electrons. The van der Waals surface area contributed by atoms with Crippen molar-refractivity contribution >= 4 is 0 Å². The molecule has 0 nitrogen and oxygen atoms in total. The lowest BCUT2D eigenvalue weighted by atomic mass is 9.80. The van der Waals surface area contributed by atoms with Gasteiger partial charge in [0.2, 0.25) is 0 Å². The van der Waals surface area contributed by atoms with Gasteiger partial charge < -0.3 is 0 Å². The van der Waals surface area contributed by atoms with Gasteiger partial charge in [-0.1, -0.05) is 58.8 Å². The number of hydrogen-bond donors (Lipinski definition) is 0. The average Bonchev–Trinajstić information content (AvgIpc) is 2.39. The molecule has 0 heteroatoms. The van der Waals surface area contributed by atoms with Crippen LogP contribution in [0.5, 0.6) is 0 Å². The van der Waals surface area contributed by atoms with Gasteiger partial charge >= 0.3 is 0 Å². The van der Waals surface area contributed by atoms with E-state index in [9.17, 15) is 0 Å². The number of rotatable bonds is 3. The number of allylic oxidation sites excluding steroid dienone is 5. The normalized spacial score (nSPS) is 18.6. The van der Waals surface area contributed by atoms with Crippen molar-refractivity contribution in [2.45, 2.75) is 73.6 Å². The zero-order valence-corrected chi connectivity index (χ0v) is 14.1. The molecule has 0 heterocycles. The van der Waals surface area contributed by atoms with Crippen LogP contribution in [0.15, 0.2) is 35.5 Å². The molecule has 0 aromatic carbocycles. The zero-order chi connectivity index (χ0) is 14.8. The van der Waals surface area contributed by atoms with E-state index in [-0.39, 0.29) is 0 Å². The van der Waals surface area contributed by atoms with Gasteiger partial charge in [0.1, 0.15) is 0 Å². The molecule has 1 fully saturated rings. The molecule has 1 rings (SSSR count). The lowest BCUT2D eigenvalue weighted by Gasteiger charge is -2.25. The Morgan fingerprint density at radius 3 is 1.89 bits per heavy atom. The highest BCUT2D eigenvalue weighted by atomic mass is 14.2. The van der Waals surface area contributed by atoms with Crippen LogP contribution in [0.3, 0.4) is 0 Å². The molecule has 0 aromatic heterocycles. The minimum atomic E-state index is 0.804. The molecule has 0 unspecified atom stereocenters. The van der Waals surface area contributed by atoms with Gasteiger partial charge in [0.05, 0.1) is 0 Å². The molecule has 0 spiro atoms. The van der Waals surface area contributed by atoms with Crippen molar-refractivity contribution in [2.75, 3.05) is 0 Å². The topological polar surface area (TPSA) is 0 Å². The van der Waals surface area contributed by atoms with Crippen LogP contribution in [0, 0.1) is 11.8 Å². The Labute approximate surface area is 121 Å². The molecule has 110 valence electrons. The molecule has 0 aliphatic heterocycles. The van der Waals surface area contributed by atoms with E-state index in [0.717, 1.165) is 11.8 Å². The highest BCUT2D eigenvalue weighted by Gasteiger charge is 2.18. The van der Waals surface area contributed by atoms with Crippen molar-refractivity contribution in [2.24, 2.45) is 11.8 Å². The highest BCUT2D eigenvalue weighted by Crippen LogP contribution is 2.34. The molecule has 0 atom stereocenters. The second-order valence-electron chi connectivity index (χ2n) is 6.32. The van der Waals surface area contributed by atoms with E-state index in [2.05, 4.69) is 54.2 Å². The summed E-state index contributed by atoms with van der Waals surface area (Å²) in [5.41, 5.74) is 4.33. The predicted octanol–water partition coefficient (Wildman–Crippen LogP) is 6.70. The van der Waals surface area contributed by atoms with Gasteiger partial charge in [-0.3, -0.25) is 0 Å². The average molecular weight is 262 g/mol. The van der Waals surface area contributed by atoms with E-state index in [0.29, 0.717) is 0 Å². The summed E-state index contributed by atoms with van der Waals surface area (Å²) >= 11 is 0. The quantitative estimate of drug-likeness (QED) is 0.496. The largest absolute Gasteiger partial charge is 0.0988 e. The van der Waals surface area contributed by atoms with Gasteiger partial charge in [0.25, 0.3) is 0 Å². The van der Waals surface area contributed by atoms with Crippen LogP contribution in [0.25, 0.3) is 0 Å². The lowest BCUT2D eigenvalue weighted by Crippen LogP contribution is -2.10. The highest BCUT2D eigenvalue weighted by molar-refractivity contribution is 5.38. The molecule has 1 aliphatic rings. The van der Waals surface area contributed by atoms with Crippen LogP contribution in [-0.2, 0) is 0 Å².